The number of hydrogen-bond acceptors (Lipinski definition) is 10. The zero-order valence-corrected chi connectivity index (χ0v) is 23.5. The van der Waals surface area contributed by atoms with Gasteiger partial charge < -0.3 is 24.3 Å². The summed E-state index contributed by atoms with van der Waals surface area (Å²) in [5.41, 5.74) is 0.604. The zero-order valence-electron chi connectivity index (χ0n) is 21.9. The molecule has 42 heavy (non-hydrogen) atoms. The highest BCUT2D eigenvalue weighted by atomic mass is 35.5. The number of carboxylic acid groups (broad SMARTS) is 1. The number of hydrogen-bond donors (Lipinski definition) is 2. The molecule has 0 unspecified atom stereocenters. The number of thiophene rings is 1. The molecule has 12 nitrogen and oxygen atoms in total. The Morgan fingerprint density at radius 1 is 1.12 bits per heavy atom. The molecule has 4 aromatic heterocycles. The molecule has 5 aromatic rings. The highest BCUT2D eigenvalue weighted by molar-refractivity contribution is 7.16. The van der Waals surface area contributed by atoms with Crippen LogP contribution in [0.15, 0.2) is 76.4 Å². The van der Waals surface area contributed by atoms with Crippen molar-refractivity contribution in [1.82, 2.24) is 19.5 Å². The highest BCUT2D eigenvalue weighted by Crippen LogP contribution is 2.28. The van der Waals surface area contributed by atoms with E-state index in [2.05, 4.69) is 15.6 Å². The number of benzene rings is 1. The number of carbonyl (C=O) groups excluding carboxylic acids is 2. The molecule has 0 fully saturated rings. The Bertz CT molecular complexity index is 1840. The molecule has 4 heterocycles. The Kier molecular flexibility index (Phi) is 8.31. The predicted octanol–water partition coefficient (Wildman–Crippen LogP) is 4.44. The average Bonchev–Trinajstić information content (AvgIpc) is 3.76. The van der Waals surface area contributed by atoms with Crippen molar-refractivity contribution < 1.29 is 28.8 Å². The van der Waals surface area contributed by atoms with Crippen LogP contribution in [-0.4, -0.2) is 49.6 Å². The number of nitrogens with one attached hydrogen (secondary N) is 1. The molecule has 0 aliphatic rings. The molecule has 0 radical (unpaired) electrons. The number of methoxy groups -OCH3 is 1. The van der Waals surface area contributed by atoms with Gasteiger partial charge in [-0.2, -0.15) is 9.78 Å². The summed E-state index contributed by atoms with van der Waals surface area (Å²) in [5, 5.41) is 20.9. The molecule has 0 saturated carbocycles. The molecule has 14 heteroatoms. The number of ether oxygens (including phenoxy) is 1. The van der Waals surface area contributed by atoms with Crippen LogP contribution in [0.5, 0.6) is 0 Å². The Morgan fingerprint density at radius 3 is 2.62 bits per heavy atom. The third-order valence-corrected chi connectivity index (χ3v) is 7.47. The number of nitrogens with zero attached hydrogens (tertiary/aromatic N) is 4. The van der Waals surface area contributed by atoms with Crippen molar-refractivity contribution in [3.63, 3.8) is 0 Å². The SMILES string of the molecule is COC(=O)c1cc(=O)n(CCc2ccon2)cc1-c1cc(NCc2ccc(Cl)s2)n(C(=O)c2cccc(C(=O)O)c2)n1. The molecular formula is C28H22ClN5O7S. The van der Waals surface area contributed by atoms with Crippen LogP contribution in [0.1, 0.15) is 41.6 Å². The van der Waals surface area contributed by atoms with E-state index in [0.717, 1.165) is 15.6 Å². The fourth-order valence-corrected chi connectivity index (χ4v) is 5.19. The van der Waals surface area contributed by atoms with Crippen molar-refractivity contribution in [3.05, 3.63) is 109 Å². The maximum absolute atomic E-state index is 13.6. The topological polar surface area (TPSA) is 159 Å². The van der Waals surface area contributed by atoms with Crippen molar-refractivity contribution in [2.45, 2.75) is 19.5 Å². The lowest BCUT2D eigenvalue weighted by Gasteiger charge is -2.10. The maximum atomic E-state index is 13.6. The second kappa shape index (κ2) is 12.2. The lowest BCUT2D eigenvalue weighted by atomic mass is 10.1. The van der Waals surface area contributed by atoms with Crippen LogP contribution in [0.2, 0.25) is 4.34 Å². The number of aromatic nitrogens is 4. The van der Waals surface area contributed by atoms with E-state index in [1.54, 1.807) is 18.2 Å². The molecule has 0 saturated heterocycles. The summed E-state index contributed by atoms with van der Waals surface area (Å²) < 4.78 is 12.8. The molecule has 0 aliphatic heterocycles. The van der Waals surface area contributed by atoms with Crippen LogP contribution in [0.3, 0.4) is 0 Å². The molecular weight excluding hydrogens is 586 g/mol. The van der Waals surface area contributed by atoms with E-state index >= 15 is 0 Å². The predicted molar refractivity (Wildman–Crippen MR) is 153 cm³/mol. The van der Waals surface area contributed by atoms with E-state index in [-0.39, 0.29) is 40.3 Å². The van der Waals surface area contributed by atoms with Crippen LogP contribution in [-0.2, 0) is 24.2 Å². The van der Waals surface area contributed by atoms with Gasteiger partial charge in [0.1, 0.15) is 12.1 Å². The van der Waals surface area contributed by atoms with Crippen molar-refractivity contribution >= 4 is 46.6 Å². The lowest BCUT2D eigenvalue weighted by molar-refractivity contribution is 0.0600. The summed E-state index contributed by atoms with van der Waals surface area (Å²) in [7, 11) is 1.19. The fraction of sp³-hybridized carbons (Fsp3) is 0.143. The summed E-state index contributed by atoms with van der Waals surface area (Å²) >= 11 is 7.42. The van der Waals surface area contributed by atoms with Gasteiger partial charge >= 0.3 is 11.9 Å². The highest BCUT2D eigenvalue weighted by Gasteiger charge is 2.23. The van der Waals surface area contributed by atoms with Crippen molar-refractivity contribution in [1.29, 1.82) is 0 Å². The van der Waals surface area contributed by atoms with Gasteiger partial charge in [0.2, 0.25) is 0 Å². The molecule has 214 valence electrons. The molecule has 0 atom stereocenters. The molecule has 0 bridgehead atoms. The fourth-order valence-electron chi connectivity index (χ4n) is 4.16. The minimum Gasteiger partial charge on any atom is -0.478 e. The van der Waals surface area contributed by atoms with Crippen LogP contribution in [0.4, 0.5) is 5.82 Å². The Balaban J connectivity index is 1.59. The van der Waals surface area contributed by atoms with E-state index < -0.39 is 23.4 Å². The van der Waals surface area contributed by atoms with Gasteiger partial charge in [-0.3, -0.25) is 9.59 Å². The van der Waals surface area contributed by atoms with Crippen LogP contribution in [0, 0.1) is 0 Å². The Morgan fingerprint density at radius 2 is 1.93 bits per heavy atom. The van der Waals surface area contributed by atoms with Gasteiger partial charge in [-0.1, -0.05) is 22.8 Å². The van der Waals surface area contributed by atoms with Gasteiger partial charge in [-0.05, 0) is 30.3 Å². The maximum Gasteiger partial charge on any atom is 0.338 e. The first-order valence-electron chi connectivity index (χ1n) is 12.4. The van der Waals surface area contributed by atoms with Gasteiger partial charge in [0.05, 0.1) is 40.5 Å². The molecule has 0 spiro atoms. The second-order valence-corrected chi connectivity index (χ2v) is 10.7. The van der Waals surface area contributed by atoms with Gasteiger partial charge in [0.25, 0.3) is 11.5 Å². The lowest BCUT2D eigenvalue weighted by Crippen LogP contribution is -2.23. The van der Waals surface area contributed by atoms with Crippen molar-refractivity contribution in [2.75, 3.05) is 12.4 Å². The van der Waals surface area contributed by atoms with E-state index in [4.69, 9.17) is 20.9 Å². The van der Waals surface area contributed by atoms with Gasteiger partial charge in [0.15, 0.2) is 0 Å². The number of esters is 1. The van der Waals surface area contributed by atoms with E-state index in [1.807, 2.05) is 6.07 Å². The van der Waals surface area contributed by atoms with E-state index in [1.165, 1.54) is 59.7 Å². The van der Waals surface area contributed by atoms with E-state index in [0.29, 0.717) is 23.0 Å². The van der Waals surface area contributed by atoms with Crippen LogP contribution in [0.25, 0.3) is 11.3 Å². The largest absolute Gasteiger partial charge is 0.478 e. The number of halogens is 1. The summed E-state index contributed by atoms with van der Waals surface area (Å²) in [6.07, 6.45) is 3.29. The number of aromatic carboxylic acids is 1. The number of aryl methyl sites for hydroxylation is 2. The molecule has 5 rings (SSSR count). The summed E-state index contributed by atoms with van der Waals surface area (Å²) in [6.45, 7) is 0.526. The Labute approximate surface area is 246 Å². The second-order valence-electron chi connectivity index (χ2n) is 8.94. The summed E-state index contributed by atoms with van der Waals surface area (Å²) in [6, 6.07) is 13.5. The van der Waals surface area contributed by atoms with E-state index in [9.17, 15) is 24.3 Å². The normalized spacial score (nSPS) is 10.9. The van der Waals surface area contributed by atoms with Crippen LogP contribution < -0.4 is 10.9 Å². The number of pyridine rings is 1. The summed E-state index contributed by atoms with van der Waals surface area (Å²) in [5.74, 6) is -2.30. The monoisotopic (exact) mass is 607 g/mol. The number of carboxylic acids is 1. The van der Waals surface area contributed by atoms with Gasteiger partial charge in [-0.15, -0.1) is 11.3 Å². The average molecular weight is 608 g/mol. The van der Waals surface area contributed by atoms with Gasteiger partial charge in [-0.25, -0.2) is 9.59 Å². The van der Waals surface area contributed by atoms with Crippen molar-refractivity contribution in [3.8, 4) is 11.3 Å². The minimum absolute atomic E-state index is 0.0400. The van der Waals surface area contributed by atoms with Gasteiger partial charge in [0, 0.05) is 53.4 Å². The summed E-state index contributed by atoms with van der Waals surface area (Å²) in [4.78, 5) is 51.6. The standard InChI is InChI=1S/C28H22ClN5O7S/c1-40-28(39)20-12-25(35)33(9-7-18-8-10-41-32-18)15-21(20)22-13-24(30-14-19-5-6-23(29)42-19)34(31-22)26(36)16-3-2-4-17(11-16)27(37)38/h2-6,8,10-13,15,30H,7,9,14H2,1H3,(H,37,38). The molecule has 0 aliphatic carbocycles. The minimum atomic E-state index is -1.19. The zero-order chi connectivity index (χ0) is 29.8. The number of carbonyl (C=O) groups is 3. The molecule has 1 aromatic carbocycles. The third-order valence-electron chi connectivity index (χ3n) is 6.24. The number of anilines is 1. The first-order valence-corrected chi connectivity index (χ1v) is 13.6. The molecule has 2 N–H and O–H groups in total. The third kappa shape index (κ3) is 6.16. The number of rotatable bonds is 10. The van der Waals surface area contributed by atoms with Crippen molar-refractivity contribution in [2.24, 2.45) is 0 Å². The smallest absolute Gasteiger partial charge is 0.338 e. The molecule has 0 amide bonds. The Hall–Kier alpha value is -5.01. The first kappa shape index (κ1) is 28.5. The van der Waals surface area contributed by atoms with Crippen LogP contribution >= 0.6 is 22.9 Å². The quantitative estimate of drug-likeness (QED) is 0.217. The first-order chi connectivity index (χ1) is 20.2.